The molecule has 1 aliphatic heterocycles. The highest BCUT2D eigenvalue weighted by atomic mass is 15.4. The van der Waals surface area contributed by atoms with Gasteiger partial charge in [0.15, 0.2) is 0 Å². The van der Waals surface area contributed by atoms with Gasteiger partial charge < -0.3 is 14.7 Å². The van der Waals surface area contributed by atoms with Gasteiger partial charge in [0.1, 0.15) is 0 Å². The summed E-state index contributed by atoms with van der Waals surface area (Å²) in [6.45, 7) is 7.75. The zero-order valence-corrected chi connectivity index (χ0v) is 13.4. The van der Waals surface area contributed by atoms with Gasteiger partial charge in [-0.2, -0.15) is 15.0 Å². The van der Waals surface area contributed by atoms with Crippen molar-refractivity contribution in [3.8, 4) is 0 Å². The Labute approximate surface area is 126 Å². The van der Waals surface area contributed by atoms with Crippen LogP contribution in [0, 0.1) is 0 Å². The quantitative estimate of drug-likeness (QED) is 0.566. The molecule has 1 atom stereocenters. The number of nitrogen functional groups attached to an aromatic ring is 1. The fraction of sp³-hybridized carbons (Fsp3) is 0.769. The molecule has 0 aliphatic carbocycles. The molecule has 8 heteroatoms. The van der Waals surface area contributed by atoms with Crippen LogP contribution >= 0.6 is 0 Å². The lowest BCUT2D eigenvalue weighted by Crippen LogP contribution is -2.33. The Morgan fingerprint density at radius 3 is 2.48 bits per heavy atom. The highest BCUT2D eigenvalue weighted by Gasteiger charge is 2.26. The first kappa shape index (κ1) is 15.7. The Bertz CT molecular complexity index is 459. The number of rotatable bonds is 6. The van der Waals surface area contributed by atoms with Gasteiger partial charge >= 0.3 is 0 Å². The maximum atomic E-state index is 5.50. The minimum absolute atomic E-state index is 0.412. The second kappa shape index (κ2) is 6.86. The predicted octanol–water partition coefficient (Wildman–Crippen LogP) is 0.144. The molecular formula is C13H26N8. The van der Waals surface area contributed by atoms with Crippen LogP contribution < -0.4 is 21.1 Å². The summed E-state index contributed by atoms with van der Waals surface area (Å²) < 4.78 is 0. The summed E-state index contributed by atoms with van der Waals surface area (Å²) in [7, 11) is 4.21. The molecule has 3 N–H and O–H groups in total. The first-order valence-electron chi connectivity index (χ1n) is 7.48. The third-order valence-electron chi connectivity index (χ3n) is 3.96. The molecule has 0 aromatic carbocycles. The Kier molecular flexibility index (Phi) is 5.13. The first-order chi connectivity index (χ1) is 10.1. The lowest BCUT2D eigenvalue weighted by Gasteiger charge is -2.23. The van der Waals surface area contributed by atoms with Gasteiger partial charge in [-0.25, -0.2) is 5.84 Å². The fourth-order valence-corrected chi connectivity index (χ4v) is 2.55. The Hall–Kier alpha value is -1.67. The van der Waals surface area contributed by atoms with E-state index in [9.17, 15) is 0 Å². The van der Waals surface area contributed by atoms with E-state index < -0.39 is 0 Å². The average Bonchev–Trinajstić information content (AvgIpc) is 2.98. The molecule has 0 spiro atoms. The Balaban J connectivity index is 2.25. The summed E-state index contributed by atoms with van der Waals surface area (Å²) in [6.07, 6.45) is 1.12. The first-order valence-corrected chi connectivity index (χ1v) is 7.48. The third-order valence-corrected chi connectivity index (χ3v) is 3.96. The van der Waals surface area contributed by atoms with E-state index in [2.05, 4.69) is 63.0 Å². The van der Waals surface area contributed by atoms with E-state index in [1.807, 2.05) is 0 Å². The molecule has 2 heterocycles. The van der Waals surface area contributed by atoms with E-state index in [1.54, 1.807) is 0 Å². The van der Waals surface area contributed by atoms with Crippen LogP contribution in [-0.2, 0) is 0 Å². The predicted molar refractivity (Wildman–Crippen MR) is 85.5 cm³/mol. The molecule has 1 aromatic heterocycles. The third kappa shape index (κ3) is 3.51. The molecule has 1 fully saturated rings. The van der Waals surface area contributed by atoms with Crippen molar-refractivity contribution >= 4 is 17.8 Å². The molecule has 118 valence electrons. The largest absolute Gasteiger partial charge is 0.341 e. The molecule has 0 amide bonds. The minimum atomic E-state index is 0.412. The second-order valence-electron chi connectivity index (χ2n) is 5.43. The summed E-state index contributed by atoms with van der Waals surface area (Å²) in [5.74, 6) is 7.28. The van der Waals surface area contributed by atoms with Gasteiger partial charge in [-0.15, -0.1) is 0 Å². The minimum Gasteiger partial charge on any atom is -0.341 e. The second-order valence-corrected chi connectivity index (χ2v) is 5.43. The zero-order chi connectivity index (χ0) is 15.4. The lowest BCUT2D eigenvalue weighted by molar-refractivity contribution is 0.315. The molecule has 1 saturated heterocycles. The topological polar surface area (TPSA) is 86.4 Å². The van der Waals surface area contributed by atoms with Crippen molar-refractivity contribution in [1.82, 2.24) is 19.9 Å². The number of nitrogens with one attached hydrogen (secondary N) is 1. The van der Waals surface area contributed by atoms with Gasteiger partial charge in [-0.05, 0) is 34.4 Å². The van der Waals surface area contributed by atoms with Crippen LogP contribution in [0.3, 0.4) is 0 Å². The smallest absolute Gasteiger partial charge is 0.243 e. The number of nitrogens with two attached hydrogens (primary N) is 1. The van der Waals surface area contributed by atoms with Crippen molar-refractivity contribution in [2.75, 3.05) is 55.5 Å². The van der Waals surface area contributed by atoms with Crippen LogP contribution in [0.1, 0.15) is 20.3 Å². The highest BCUT2D eigenvalue weighted by molar-refractivity contribution is 5.45. The molecule has 1 aliphatic rings. The van der Waals surface area contributed by atoms with Crippen LogP contribution in [0.25, 0.3) is 0 Å². The van der Waals surface area contributed by atoms with E-state index >= 15 is 0 Å². The molecule has 0 bridgehead atoms. The molecule has 8 nitrogen and oxygen atoms in total. The molecule has 0 radical (unpaired) electrons. The molecule has 21 heavy (non-hydrogen) atoms. The molecule has 1 aromatic rings. The maximum Gasteiger partial charge on any atom is 0.243 e. The van der Waals surface area contributed by atoms with Gasteiger partial charge in [-0.3, -0.25) is 5.43 Å². The van der Waals surface area contributed by atoms with Gasteiger partial charge in [0, 0.05) is 32.2 Å². The number of likely N-dealkylation sites (N-methyl/N-ethyl adjacent to an activating group) is 1. The summed E-state index contributed by atoms with van der Waals surface area (Å²) in [4.78, 5) is 19.9. The monoisotopic (exact) mass is 294 g/mol. The number of anilines is 3. The summed E-state index contributed by atoms with van der Waals surface area (Å²) >= 11 is 0. The summed E-state index contributed by atoms with van der Waals surface area (Å²) in [5, 5.41) is 0. The van der Waals surface area contributed by atoms with Gasteiger partial charge in [-0.1, -0.05) is 0 Å². The summed E-state index contributed by atoms with van der Waals surface area (Å²) in [6, 6.07) is 0.535. The Morgan fingerprint density at radius 2 is 1.95 bits per heavy atom. The number of hydrogen-bond donors (Lipinski definition) is 2. The van der Waals surface area contributed by atoms with E-state index in [0.29, 0.717) is 23.9 Å². The molecule has 1 unspecified atom stereocenters. The maximum absolute atomic E-state index is 5.50. The molecule has 0 saturated carbocycles. The number of hydrazine groups is 1. The van der Waals surface area contributed by atoms with Crippen molar-refractivity contribution in [3.05, 3.63) is 0 Å². The number of aromatic nitrogens is 3. The van der Waals surface area contributed by atoms with Crippen LogP contribution in [0.15, 0.2) is 0 Å². The van der Waals surface area contributed by atoms with Gasteiger partial charge in [0.05, 0.1) is 0 Å². The fourth-order valence-electron chi connectivity index (χ4n) is 2.55. The SMILES string of the molecule is CCN(CC)c1nc(NN)nc(N2CCC(N(C)C)C2)n1. The molecular weight excluding hydrogens is 268 g/mol. The lowest BCUT2D eigenvalue weighted by atomic mass is 10.2. The van der Waals surface area contributed by atoms with E-state index in [1.165, 1.54) is 0 Å². The van der Waals surface area contributed by atoms with Crippen molar-refractivity contribution in [2.45, 2.75) is 26.3 Å². The Morgan fingerprint density at radius 1 is 1.24 bits per heavy atom. The van der Waals surface area contributed by atoms with Crippen LogP contribution in [0.2, 0.25) is 0 Å². The van der Waals surface area contributed by atoms with Crippen molar-refractivity contribution in [3.63, 3.8) is 0 Å². The van der Waals surface area contributed by atoms with Gasteiger partial charge in [0.2, 0.25) is 17.8 Å². The molecule has 2 rings (SSSR count). The standard InChI is InChI=1S/C13H26N8/c1-5-20(6-2)12-15-11(18-14)16-13(17-12)21-8-7-10(9-21)19(3)4/h10H,5-9,14H2,1-4H3,(H,15,16,17,18). The van der Waals surface area contributed by atoms with Crippen LogP contribution in [0.4, 0.5) is 17.8 Å². The summed E-state index contributed by atoms with van der Waals surface area (Å²) in [5.41, 5.74) is 2.54. The van der Waals surface area contributed by atoms with Gasteiger partial charge in [0.25, 0.3) is 0 Å². The number of hydrogen-bond acceptors (Lipinski definition) is 8. The van der Waals surface area contributed by atoms with Crippen molar-refractivity contribution in [1.29, 1.82) is 0 Å². The van der Waals surface area contributed by atoms with E-state index in [0.717, 1.165) is 32.6 Å². The van der Waals surface area contributed by atoms with E-state index in [4.69, 9.17) is 5.84 Å². The van der Waals surface area contributed by atoms with Crippen LogP contribution in [-0.4, -0.2) is 66.2 Å². The van der Waals surface area contributed by atoms with E-state index in [-0.39, 0.29) is 0 Å². The van der Waals surface area contributed by atoms with Crippen LogP contribution in [0.5, 0.6) is 0 Å². The average molecular weight is 294 g/mol. The number of nitrogens with zero attached hydrogens (tertiary/aromatic N) is 6. The highest BCUT2D eigenvalue weighted by Crippen LogP contribution is 2.21. The normalized spacial score (nSPS) is 18.4. The zero-order valence-electron chi connectivity index (χ0n) is 13.4. The van der Waals surface area contributed by atoms with Crippen molar-refractivity contribution < 1.29 is 0 Å². The van der Waals surface area contributed by atoms with Crippen molar-refractivity contribution in [2.24, 2.45) is 5.84 Å².